The maximum absolute atomic E-state index is 14.0. The van der Waals surface area contributed by atoms with E-state index in [0.29, 0.717) is 22.4 Å². The van der Waals surface area contributed by atoms with E-state index >= 15 is 0 Å². The first-order chi connectivity index (χ1) is 24.2. The number of carbonyl (C=O) groups is 3. The molecule has 3 N–H and O–H groups in total. The highest BCUT2D eigenvalue weighted by Gasteiger charge is 2.25. The maximum atomic E-state index is 14.0. The van der Waals surface area contributed by atoms with E-state index < -0.39 is 23.8 Å². The summed E-state index contributed by atoms with van der Waals surface area (Å²) in [5, 5.41) is 17.1. The lowest BCUT2D eigenvalue weighted by molar-refractivity contribution is -0.142. The third-order valence-corrected chi connectivity index (χ3v) is 8.74. The number of hydrogen-bond acceptors (Lipinski definition) is 7. The van der Waals surface area contributed by atoms with E-state index in [2.05, 4.69) is 10.6 Å². The number of nitrogens with one attached hydrogen (secondary N) is 2. The van der Waals surface area contributed by atoms with Gasteiger partial charge in [-0.2, -0.15) is 0 Å². The molecule has 258 valence electrons. The normalized spacial score (nSPS) is 12.2. The number of benzene rings is 4. The molecular weight excluding hydrogens is 634 g/mol. The molecule has 10 heteroatoms. The third kappa shape index (κ3) is 8.64. The summed E-state index contributed by atoms with van der Waals surface area (Å²) < 4.78 is 11.7. The fourth-order valence-electron chi connectivity index (χ4n) is 5.97. The minimum absolute atomic E-state index is 0.0467. The second kappa shape index (κ2) is 16.6. The number of carbonyl (C=O) groups excluding carboxylic acids is 3. The Kier molecular flexibility index (Phi) is 11.8. The van der Waals surface area contributed by atoms with E-state index in [4.69, 9.17) is 9.47 Å². The highest BCUT2D eigenvalue weighted by atomic mass is 16.5. The van der Waals surface area contributed by atoms with Gasteiger partial charge in [0.05, 0.1) is 33.1 Å². The molecule has 0 bridgehead atoms. The van der Waals surface area contributed by atoms with Crippen molar-refractivity contribution in [3.05, 3.63) is 141 Å². The Morgan fingerprint density at radius 2 is 1.56 bits per heavy atom. The Morgan fingerprint density at radius 3 is 2.26 bits per heavy atom. The van der Waals surface area contributed by atoms with Crippen LogP contribution in [-0.4, -0.2) is 54.3 Å². The summed E-state index contributed by atoms with van der Waals surface area (Å²) in [6.07, 6.45) is 2.04. The molecule has 0 aliphatic carbocycles. The molecule has 0 fully saturated rings. The van der Waals surface area contributed by atoms with Crippen LogP contribution in [0.2, 0.25) is 0 Å². The predicted octanol–water partition coefficient (Wildman–Crippen LogP) is 4.91. The number of methoxy groups -OCH3 is 2. The first kappa shape index (κ1) is 35.6. The average Bonchev–Trinajstić information content (AvgIpc) is 3.13. The lowest BCUT2D eigenvalue weighted by atomic mass is 9.94. The number of aromatic nitrogens is 1. The SMILES string of the molecule is COC(=O)C(CCO)c1ccc(C[C@H](NC(=O)Cc2cccc3ccccc23)C(=O)Nc2c(C)ccn(Cc3ccc(OC)cc3)c2=O)cc1. The first-order valence-electron chi connectivity index (χ1n) is 16.4. The molecule has 5 aromatic rings. The van der Waals surface area contributed by atoms with E-state index in [0.717, 1.165) is 21.9 Å². The summed E-state index contributed by atoms with van der Waals surface area (Å²) in [4.78, 5) is 53.5. The summed E-state index contributed by atoms with van der Waals surface area (Å²) in [7, 11) is 2.88. The Bertz CT molecular complexity index is 2020. The van der Waals surface area contributed by atoms with Crippen LogP contribution in [0.25, 0.3) is 10.8 Å². The van der Waals surface area contributed by atoms with Crippen LogP contribution < -0.4 is 20.9 Å². The van der Waals surface area contributed by atoms with Gasteiger partial charge in [-0.3, -0.25) is 19.2 Å². The molecule has 0 aliphatic heterocycles. The second-order valence-corrected chi connectivity index (χ2v) is 12.1. The Morgan fingerprint density at radius 1 is 0.860 bits per heavy atom. The number of aliphatic hydroxyl groups excluding tert-OH is 1. The molecule has 1 unspecified atom stereocenters. The van der Waals surface area contributed by atoms with Crippen LogP contribution in [0.1, 0.15) is 40.2 Å². The zero-order valence-electron chi connectivity index (χ0n) is 28.3. The highest BCUT2D eigenvalue weighted by Crippen LogP contribution is 2.23. The number of fused-ring (bicyclic) bond motifs is 1. The van der Waals surface area contributed by atoms with E-state index in [9.17, 15) is 24.3 Å². The molecule has 1 aromatic heterocycles. The van der Waals surface area contributed by atoms with Crippen LogP contribution in [-0.2, 0) is 38.5 Å². The van der Waals surface area contributed by atoms with Crippen molar-refractivity contribution in [3.63, 3.8) is 0 Å². The second-order valence-electron chi connectivity index (χ2n) is 12.1. The fraction of sp³-hybridized carbons (Fsp3) is 0.250. The van der Waals surface area contributed by atoms with Crippen LogP contribution in [0, 0.1) is 6.92 Å². The predicted molar refractivity (Wildman–Crippen MR) is 192 cm³/mol. The molecule has 5 rings (SSSR count). The zero-order chi connectivity index (χ0) is 35.6. The molecular formula is C40H41N3O7. The number of aryl methyl sites for hydroxylation is 1. The Labute approximate surface area is 290 Å². The molecule has 0 saturated heterocycles. The number of aliphatic hydroxyl groups is 1. The van der Waals surface area contributed by atoms with Crippen molar-refractivity contribution in [2.45, 2.75) is 44.7 Å². The summed E-state index contributed by atoms with van der Waals surface area (Å²) in [6, 6.07) is 28.7. The summed E-state index contributed by atoms with van der Waals surface area (Å²) in [5.41, 5.74) is 3.40. The molecule has 0 saturated carbocycles. The molecule has 1 heterocycles. The molecule has 0 aliphatic rings. The van der Waals surface area contributed by atoms with Crippen molar-refractivity contribution in [2.24, 2.45) is 0 Å². The third-order valence-electron chi connectivity index (χ3n) is 8.74. The number of rotatable bonds is 14. The summed E-state index contributed by atoms with van der Waals surface area (Å²) in [6.45, 7) is 1.84. The molecule has 4 aromatic carbocycles. The first-order valence-corrected chi connectivity index (χ1v) is 16.4. The Balaban J connectivity index is 1.40. The molecule has 0 spiro atoms. The van der Waals surface area contributed by atoms with Gasteiger partial charge in [0.1, 0.15) is 17.5 Å². The van der Waals surface area contributed by atoms with E-state index in [1.807, 2.05) is 66.7 Å². The van der Waals surface area contributed by atoms with Crippen LogP contribution >= 0.6 is 0 Å². The van der Waals surface area contributed by atoms with E-state index in [-0.39, 0.29) is 49.6 Å². The summed E-state index contributed by atoms with van der Waals surface area (Å²) in [5.74, 6) is -1.29. The number of hydrogen-bond donors (Lipinski definition) is 3. The number of anilines is 1. The van der Waals surface area contributed by atoms with Gasteiger partial charge in [-0.25, -0.2) is 0 Å². The summed E-state index contributed by atoms with van der Waals surface area (Å²) >= 11 is 0. The number of esters is 1. The standard InChI is InChI=1S/C40H41N3O7/c1-26-19-21-43(25-28-13-17-32(49-2)18-14-28)39(47)37(26)42-38(46)35(23-27-11-15-30(16-12-27)34(20-22-44)40(48)50-3)41-36(45)24-31-9-6-8-29-7-4-5-10-33(29)31/h4-19,21,34-35,44H,20,22-25H2,1-3H3,(H,41,45)(H,42,46)/t34?,35-/m0/s1. The van der Waals surface area contributed by atoms with Crippen molar-refractivity contribution in [1.29, 1.82) is 0 Å². The van der Waals surface area contributed by atoms with Crippen LogP contribution in [0.15, 0.2) is 108 Å². The van der Waals surface area contributed by atoms with Gasteiger partial charge in [-0.1, -0.05) is 78.9 Å². The highest BCUT2D eigenvalue weighted by molar-refractivity contribution is 5.98. The van der Waals surface area contributed by atoms with Crippen molar-refractivity contribution in [2.75, 3.05) is 26.1 Å². The number of amides is 2. The maximum Gasteiger partial charge on any atom is 0.313 e. The number of ether oxygens (including phenoxy) is 2. The molecule has 2 amide bonds. The van der Waals surface area contributed by atoms with Gasteiger partial charge in [0.15, 0.2) is 0 Å². The van der Waals surface area contributed by atoms with Gasteiger partial charge in [0.2, 0.25) is 11.8 Å². The number of nitrogens with zero attached hydrogens (tertiary/aromatic N) is 1. The van der Waals surface area contributed by atoms with Crippen molar-refractivity contribution in [1.82, 2.24) is 9.88 Å². The van der Waals surface area contributed by atoms with Gasteiger partial charge in [-0.15, -0.1) is 0 Å². The molecule has 2 atom stereocenters. The molecule has 10 nitrogen and oxygen atoms in total. The minimum Gasteiger partial charge on any atom is -0.497 e. The quantitative estimate of drug-likeness (QED) is 0.142. The van der Waals surface area contributed by atoms with Gasteiger partial charge >= 0.3 is 5.97 Å². The van der Waals surface area contributed by atoms with Crippen molar-refractivity contribution < 1.29 is 29.0 Å². The lowest BCUT2D eigenvalue weighted by Gasteiger charge is -2.21. The monoisotopic (exact) mass is 675 g/mol. The lowest BCUT2D eigenvalue weighted by Crippen LogP contribution is -2.46. The fourth-order valence-corrected chi connectivity index (χ4v) is 5.97. The van der Waals surface area contributed by atoms with Crippen molar-refractivity contribution in [3.8, 4) is 5.75 Å². The van der Waals surface area contributed by atoms with Gasteiger partial charge in [-0.05, 0) is 70.1 Å². The molecule has 0 radical (unpaired) electrons. The van der Waals surface area contributed by atoms with Crippen molar-refractivity contribution >= 4 is 34.2 Å². The molecule has 50 heavy (non-hydrogen) atoms. The smallest absolute Gasteiger partial charge is 0.313 e. The van der Waals surface area contributed by atoms with Crippen LogP contribution in [0.3, 0.4) is 0 Å². The van der Waals surface area contributed by atoms with Gasteiger partial charge < -0.3 is 29.8 Å². The number of pyridine rings is 1. The van der Waals surface area contributed by atoms with Gasteiger partial charge in [0.25, 0.3) is 5.56 Å². The zero-order valence-corrected chi connectivity index (χ0v) is 28.3. The van der Waals surface area contributed by atoms with E-state index in [1.54, 1.807) is 50.6 Å². The van der Waals surface area contributed by atoms with Gasteiger partial charge in [0, 0.05) is 19.2 Å². The largest absolute Gasteiger partial charge is 0.497 e. The topological polar surface area (TPSA) is 136 Å². The van der Waals surface area contributed by atoms with Crippen LogP contribution in [0.4, 0.5) is 5.69 Å². The van der Waals surface area contributed by atoms with Crippen LogP contribution in [0.5, 0.6) is 5.75 Å². The minimum atomic E-state index is -1.04. The van der Waals surface area contributed by atoms with E-state index in [1.165, 1.54) is 11.7 Å². The average molecular weight is 676 g/mol. The Hall–Kier alpha value is -5.74.